The van der Waals surface area contributed by atoms with Gasteiger partial charge in [0.1, 0.15) is 6.04 Å². The Morgan fingerprint density at radius 2 is 1.88 bits per heavy atom. The summed E-state index contributed by atoms with van der Waals surface area (Å²) in [5, 5.41) is 11.2. The number of amides is 2. The van der Waals surface area contributed by atoms with Gasteiger partial charge in [-0.3, -0.25) is 14.4 Å². The molecule has 2 amide bonds. The highest BCUT2D eigenvalue weighted by Crippen LogP contribution is 2.35. The van der Waals surface area contributed by atoms with Crippen LogP contribution in [0.4, 0.5) is 0 Å². The van der Waals surface area contributed by atoms with E-state index in [1.807, 2.05) is 63.5 Å². The zero-order valence-corrected chi connectivity index (χ0v) is 24.4. The van der Waals surface area contributed by atoms with Crippen LogP contribution in [0, 0.1) is 12.8 Å². The van der Waals surface area contributed by atoms with E-state index in [-0.39, 0.29) is 42.9 Å². The summed E-state index contributed by atoms with van der Waals surface area (Å²) in [6.07, 6.45) is 1.49. The van der Waals surface area contributed by atoms with Crippen molar-refractivity contribution >= 4 is 28.9 Å². The van der Waals surface area contributed by atoms with Crippen molar-refractivity contribution in [1.82, 2.24) is 14.8 Å². The quantitative estimate of drug-likeness (QED) is 0.397. The lowest BCUT2D eigenvalue weighted by molar-refractivity contribution is -0.143. The SMILES string of the molecule is CC[C@]1(O)C[C@@H](C(=O)CCc2ccc(-c3scnc3C)cc2)N(C(=O)[C@H](C(C)C)N2Cc3ccccc3C2=O)C1. The Morgan fingerprint density at radius 1 is 1.15 bits per heavy atom. The standard InChI is InChI=1S/C32H37N3O4S/c1-5-32(39)16-26(27(36)15-12-22-10-13-23(14-11-22)29-21(4)33-19-40-29)35(18-32)31(38)28(20(2)3)34-17-24-8-6-7-9-25(24)30(34)37/h6-11,13-14,19-20,26,28,39H,5,12,15-18H2,1-4H3/t26-,28-,32-/m0/s1. The van der Waals surface area contributed by atoms with Crippen LogP contribution < -0.4 is 0 Å². The number of Topliss-reactive ketones (excluding diaryl/α,β-unsaturated/α-hetero) is 1. The van der Waals surface area contributed by atoms with Gasteiger partial charge in [-0.1, -0.05) is 63.2 Å². The molecule has 2 aromatic carbocycles. The van der Waals surface area contributed by atoms with Crippen LogP contribution in [-0.2, 0) is 22.6 Å². The molecule has 1 aromatic heterocycles. The van der Waals surface area contributed by atoms with Crippen LogP contribution in [-0.4, -0.2) is 61.7 Å². The Hall–Kier alpha value is -3.36. The van der Waals surface area contributed by atoms with E-state index in [0.29, 0.717) is 24.9 Å². The number of likely N-dealkylation sites (tertiary alicyclic amines) is 1. The molecule has 3 heterocycles. The number of carbonyl (C=O) groups excluding carboxylic acids is 3. The Bertz CT molecular complexity index is 1420. The summed E-state index contributed by atoms with van der Waals surface area (Å²) in [5.74, 6) is -0.633. The number of β-amino-alcohol motifs (C(OH)–C–C–N with tert-alkyl or cyclic N) is 1. The monoisotopic (exact) mass is 559 g/mol. The third-order valence-corrected chi connectivity index (χ3v) is 9.40. The van der Waals surface area contributed by atoms with E-state index in [1.54, 1.807) is 27.2 Å². The summed E-state index contributed by atoms with van der Waals surface area (Å²) < 4.78 is 0. The van der Waals surface area contributed by atoms with Crippen LogP contribution in [0.15, 0.2) is 54.0 Å². The minimum Gasteiger partial charge on any atom is -0.388 e. The molecule has 3 atom stereocenters. The van der Waals surface area contributed by atoms with Crippen molar-refractivity contribution < 1.29 is 19.5 Å². The lowest BCUT2D eigenvalue weighted by atomic mass is 9.93. The Morgan fingerprint density at radius 3 is 2.50 bits per heavy atom. The molecule has 0 bridgehead atoms. The van der Waals surface area contributed by atoms with Gasteiger partial charge in [-0.15, -0.1) is 11.3 Å². The Kier molecular flexibility index (Phi) is 7.93. The number of hydrogen-bond donors (Lipinski definition) is 1. The van der Waals surface area contributed by atoms with Gasteiger partial charge in [0.2, 0.25) is 5.91 Å². The predicted octanol–water partition coefficient (Wildman–Crippen LogP) is 5.04. The number of carbonyl (C=O) groups is 3. The summed E-state index contributed by atoms with van der Waals surface area (Å²) >= 11 is 1.61. The fourth-order valence-electron chi connectivity index (χ4n) is 6.02. The maximum Gasteiger partial charge on any atom is 0.255 e. The van der Waals surface area contributed by atoms with Crippen molar-refractivity contribution in [3.05, 3.63) is 76.4 Å². The van der Waals surface area contributed by atoms with Crippen molar-refractivity contribution in [1.29, 1.82) is 0 Å². The van der Waals surface area contributed by atoms with Gasteiger partial charge in [0, 0.05) is 24.9 Å². The molecule has 2 aliphatic heterocycles. The maximum absolute atomic E-state index is 14.1. The number of aryl methyl sites for hydroxylation is 2. The van der Waals surface area contributed by atoms with Crippen LogP contribution in [0.1, 0.15) is 67.2 Å². The molecule has 0 unspecified atom stereocenters. The van der Waals surface area contributed by atoms with Gasteiger partial charge >= 0.3 is 0 Å². The first kappa shape index (κ1) is 28.2. The summed E-state index contributed by atoms with van der Waals surface area (Å²) in [5.41, 5.74) is 5.39. The number of aliphatic hydroxyl groups is 1. The number of aromatic nitrogens is 1. The molecule has 40 heavy (non-hydrogen) atoms. The normalized spacial score (nSPS) is 21.2. The van der Waals surface area contributed by atoms with Crippen molar-refractivity contribution in [2.24, 2.45) is 5.92 Å². The lowest BCUT2D eigenvalue weighted by Gasteiger charge is -2.35. The van der Waals surface area contributed by atoms with Gasteiger partial charge in [-0.2, -0.15) is 0 Å². The van der Waals surface area contributed by atoms with Gasteiger partial charge in [0.25, 0.3) is 5.91 Å². The zero-order valence-electron chi connectivity index (χ0n) is 23.6. The molecule has 1 N–H and O–H groups in total. The van der Waals surface area contributed by atoms with Crippen LogP contribution >= 0.6 is 11.3 Å². The molecule has 8 heteroatoms. The van der Waals surface area contributed by atoms with E-state index in [2.05, 4.69) is 17.1 Å². The number of rotatable bonds is 9. The topological polar surface area (TPSA) is 90.8 Å². The second-order valence-corrected chi connectivity index (χ2v) is 12.3. The molecule has 210 valence electrons. The average Bonchev–Trinajstić information content (AvgIpc) is 3.63. The molecule has 2 aliphatic rings. The molecule has 0 aliphatic carbocycles. The molecular weight excluding hydrogens is 522 g/mol. The number of thiazole rings is 1. The van der Waals surface area contributed by atoms with Crippen molar-refractivity contribution in [2.75, 3.05) is 6.54 Å². The molecular formula is C32H37N3O4S. The molecule has 1 saturated heterocycles. The molecule has 7 nitrogen and oxygen atoms in total. The Labute approximate surface area is 239 Å². The van der Waals surface area contributed by atoms with E-state index in [9.17, 15) is 19.5 Å². The third-order valence-electron chi connectivity index (χ3n) is 8.42. The first-order valence-corrected chi connectivity index (χ1v) is 14.9. The maximum atomic E-state index is 14.1. The first-order valence-electron chi connectivity index (χ1n) is 14.1. The molecule has 0 radical (unpaired) electrons. The first-order chi connectivity index (χ1) is 19.1. The third kappa shape index (κ3) is 5.34. The predicted molar refractivity (Wildman–Crippen MR) is 156 cm³/mol. The number of fused-ring (bicyclic) bond motifs is 1. The summed E-state index contributed by atoms with van der Waals surface area (Å²) in [4.78, 5) is 49.6. The van der Waals surface area contributed by atoms with E-state index < -0.39 is 17.7 Å². The number of hydrogen-bond acceptors (Lipinski definition) is 6. The van der Waals surface area contributed by atoms with Gasteiger partial charge in [0.15, 0.2) is 5.78 Å². The Balaban J connectivity index is 1.32. The van der Waals surface area contributed by atoms with E-state index in [0.717, 1.165) is 27.3 Å². The average molecular weight is 560 g/mol. The largest absolute Gasteiger partial charge is 0.388 e. The summed E-state index contributed by atoms with van der Waals surface area (Å²) in [7, 11) is 0. The minimum atomic E-state index is -1.12. The van der Waals surface area contributed by atoms with Crippen molar-refractivity contribution in [2.45, 2.75) is 77.6 Å². The number of nitrogens with zero attached hydrogens (tertiary/aromatic N) is 3. The molecule has 1 fully saturated rings. The molecule has 0 spiro atoms. The van der Waals surface area contributed by atoms with Gasteiger partial charge < -0.3 is 14.9 Å². The number of benzene rings is 2. The van der Waals surface area contributed by atoms with Gasteiger partial charge in [-0.25, -0.2) is 4.98 Å². The summed E-state index contributed by atoms with van der Waals surface area (Å²) in [6, 6.07) is 14.2. The second-order valence-electron chi connectivity index (χ2n) is 11.5. The van der Waals surface area contributed by atoms with E-state index >= 15 is 0 Å². The zero-order chi connectivity index (χ0) is 28.6. The van der Waals surface area contributed by atoms with Crippen LogP contribution in [0.3, 0.4) is 0 Å². The highest BCUT2D eigenvalue weighted by atomic mass is 32.1. The molecule has 3 aromatic rings. The highest BCUT2D eigenvalue weighted by molar-refractivity contribution is 7.13. The second kappa shape index (κ2) is 11.3. The smallest absolute Gasteiger partial charge is 0.255 e. The molecule has 0 saturated carbocycles. The van der Waals surface area contributed by atoms with Crippen molar-refractivity contribution in [3.63, 3.8) is 0 Å². The molecule has 5 rings (SSSR count). The van der Waals surface area contributed by atoms with Crippen molar-refractivity contribution in [3.8, 4) is 10.4 Å². The fourth-order valence-corrected chi connectivity index (χ4v) is 6.83. The number of ketones is 1. The van der Waals surface area contributed by atoms with Gasteiger partial charge in [0.05, 0.1) is 34.3 Å². The highest BCUT2D eigenvalue weighted by Gasteiger charge is 2.50. The fraction of sp³-hybridized carbons (Fsp3) is 0.438. The van der Waals surface area contributed by atoms with Crippen LogP contribution in [0.2, 0.25) is 0 Å². The minimum absolute atomic E-state index is 0.0568. The summed E-state index contributed by atoms with van der Waals surface area (Å²) in [6.45, 7) is 8.19. The van der Waals surface area contributed by atoms with E-state index in [1.165, 1.54) is 0 Å². The lowest BCUT2D eigenvalue weighted by Crippen LogP contribution is -2.54. The van der Waals surface area contributed by atoms with E-state index in [4.69, 9.17) is 0 Å². The van der Waals surface area contributed by atoms with Gasteiger partial charge in [-0.05, 0) is 48.4 Å². The van der Waals surface area contributed by atoms with Crippen LogP contribution in [0.25, 0.3) is 10.4 Å². The van der Waals surface area contributed by atoms with Crippen LogP contribution in [0.5, 0.6) is 0 Å².